The highest BCUT2D eigenvalue weighted by molar-refractivity contribution is 7.23. The lowest BCUT2D eigenvalue weighted by atomic mass is 9.97. The van der Waals surface area contributed by atoms with E-state index in [1.54, 1.807) is 11.3 Å². The summed E-state index contributed by atoms with van der Waals surface area (Å²) in [5.41, 5.74) is 1.05. The molecule has 28 heavy (non-hydrogen) atoms. The first-order chi connectivity index (χ1) is 13.7. The molecule has 1 aromatic carbocycles. The summed E-state index contributed by atoms with van der Waals surface area (Å²) in [6.07, 6.45) is 0.636. The van der Waals surface area contributed by atoms with E-state index in [4.69, 9.17) is 4.74 Å². The maximum atomic E-state index is 12.5. The van der Waals surface area contributed by atoms with Gasteiger partial charge < -0.3 is 4.74 Å². The summed E-state index contributed by atoms with van der Waals surface area (Å²) in [6, 6.07) is 14.8. The van der Waals surface area contributed by atoms with Crippen LogP contribution in [0, 0.1) is 0 Å². The van der Waals surface area contributed by atoms with Crippen LogP contribution in [-0.4, -0.2) is 20.6 Å². The van der Waals surface area contributed by atoms with Crippen LogP contribution in [0.25, 0.3) is 14.8 Å². The Morgan fingerprint density at radius 1 is 1.21 bits per heavy atom. The van der Waals surface area contributed by atoms with Gasteiger partial charge in [0.15, 0.2) is 5.01 Å². The SMILES string of the molecule is CCC(C(=O)OCc1cc(=O)n2nc(-c3cccs3)sc2n1)c1ccccc1. The van der Waals surface area contributed by atoms with Crippen molar-refractivity contribution in [1.29, 1.82) is 0 Å². The van der Waals surface area contributed by atoms with Gasteiger partial charge in [0.05, 0.1) is 16.5 Å². The number of aromatic nitrogens is 3. The van der Waals surface area contributed by atoms with Crippen LogP contribution in [0.2, 0.25) is 0 Å². The van der Waals surface area contributed by atoms with Crippen molar-refractivity contribution in [3.8, 4) is 9.88 Å². The number of ether oxygens (including phenoxy) is 1. The highest BCUT2D eigenvalue weighted by Gasteiger charge is 2.20. The zero-order valence-corrected chi connectivity index (χ0v) is 16.7. The maximum absolute atomic E-state index is 12.5. The quantitative estimate of drug-likeness (QED) is 0.446. The molecule has 1 unspecified atom stereocenters. The van der Waals surface area contributed by atoms with Crippen LogP contribution < -0.4 is 5.56 Å². The van der Waals surface area contributed by atoms with Crippen molar-refractivity contribution in [3.63, 3.8) is 0 Å². The minimum Gasteiger partial charge on any atom is -0.459 e. The Morgan fingerprint density at radius 2 is 2.04 bits per heavy atom. The predicted molar refractivity (Wildman–Crippen MR) is 110 cm³/mol. The molecule has 0 spiro atoms. The topological polar surface area (TPSA) is 73.6 Å². The predicted octanol–water partition coefficient (Wildman–Crippen LogP) is 4.12. The highest BCUT2D eigenvalue weighted by Crippen LogP contribution is 2.28. The summed E-state index contributed by atoms with van der Waals surface area (Å²) in [4.78, 5) is 30.8. The number of esters is 1. The zero-order chi connectivity index (χ0) is 19.5. The molecule has 0 N–H and O–H groups in total. The van der Waals surface area contributed by atoms with E-state index in [1.807, 2.05) is 54.8 Å². The number of fused-ring (bicyclic) bond motifs is 1. The average molecular weight is 412 g/mol. The number of hydrogen-bond donors (Lipinski definition) is 0. The first-order valence-corrected chi connectivity index (χ1v) is 10.5. The van der Waals surface area contributed by atoms with Crippen LogP contribution in [-0.2, 0) is 16.1 Å². The molecular weight excluding hydrogens is 394 g/mol. The molecule has 8 heteroatoms. The fourth-order valence-corrected chi connectivity index (χ4v) is 4.62. The van der Waals surface area contributed by atoms with Gasteiger partial charge in [-0.3, -0.25) is 9.59 Å². The largest absolute Gasteiger partial charge is 0.459 e. The summed E-state index contributed by atoms with van der Waals surface area (Å²) in [5.74, 6) is -0.654. The highest BCUT2D eigenvalue weighted by atomic mass is 32.1. The van der Waals surface area contributed by atoms with E-state index in [-0.39, 0.29) is 24.1 Å². The van der Waals surface area contributed by atoms with Crippen molar-refractivity contribution < 1.29 is 9.53 Å². The Bertz CT molecular complexity index is 1150. The van der Waals surface area contributed by atoms with E-state index in [2.05, 4.69) is 10.1 Å². The Morgan fingerprint density at radius 3 is 2.75 bits per heavy atom. The van der Waals surface area contributed by atoms with E-state index in [1.165, 1.54) is 21.9 Å². The molecule has 0 fully saturated rings. The van der Waals surface area contributed by atoms with Crippen molar-refractivity contribution >= 4 is 33.6 Å². The molecule has 0 saturated heterocycles. The molecule has 0 aliphatic rings. The van der Waals surface area contributed by atoms with Crippen LogP contribution in [0.4, 0.5) is 0 Å². The molecule has 0 bridgehead atoms. The van der Waals surface area contributed by atoms with Gasteiger partial charge in [0.1, 0.15) is 6.61 Å². The van der Waals surface area contributed by atoms with Crippen LogP contribution >= 0.6 is 22.7 Å². The second-order valence-corrected chi connectivity index (χ2v) is 8.05. The molecule has 0 radical (unpaired) electrons. The van der Waals surface area contributed by atoms with Crippen molar-refractivity contribution in [2.45, 2.75) is 25.9 Å². The summed E-state index contributed by atoms with van der Waals surface area (Å²) < 4.78 is 6.74. The Hall–Kier alpha value is -2.84. The lowest BCUT2D eigenvalue weighted by molar-refractivity contribution is -0.147. The molecular formula is C20H17N3O3S2. The third kappa shape index (κ3) is 3.74. The van der Waals surface area contributed by atoms with Crippen LogP contribution in [0.3, 0.4) is 0 Å². The minimum atomic E-state index is -0.333. The van der Waals surface area contributed by atoms with Crippen molar-refractivity contribution in [3.05, 3.63) is 75.5 Å². The van der Waals surface area contributed by atoms with Gasteiger partial charge in [-0.1, -0.05) is 54.7 Å². The molecule has 0 amide bonds. The van der Waals surface area contributed by atoms with Crippen molar-refractivity contribution in [2.24, 2.45) is 0 Å². The fourth-order valence-electron chi connectivity index (χ4n) is 2.90. The monoisotopic (exact) mass is 411 g/mol. The van der Waals surface area contributed by atoms with E-state index in [0.717, 1.165) is 15.4 Å². The number of nitrogens with zero attached hydrogens (tertiary/aromatic N) is 3. The molecule has 3 aromatic heterocycles. The van der Waals surface area contributed by atoms with Gasteiger partial charge in [0.2, 0.25) is 4.96 Å². The molecule has 4 aromatic rings. The second-order valence-electron chi connectivity index (χ2n) is 6.14. The minimum absolute atomic E-state index is 0.0415. The normalized spacial score (nSPS) is 12.2. The Balaban J connectivity index is 1.53. The first kappa shape index (κ1) is 18.5. The smallest absolute Gasteiger partial charge is 0.313 e. The summed E-state index contributed by atoms with van der Waals surface area (Å²) in [6.45, 7) is 1.90. The summed E-state index contributed by atoms with van der Waals surface area (Å²) >= 11 is 2.89. The average Bonchev–Trinajstić information content (AvgIpc) is 3.37. The number of hydrogen-bond acceptors (Lipinski definition) is 7. The van der Waals surface area contributed by atoms with Crippen LogP contribution in [0.1, 0.15) is 30.5 Å². The van der Waals surface area contributed by atoms with Crippen LogP contribution in [0.5, 0.6) is 0 Å². The third-order valence-electron chi connectivity index (χ3n) is 4.29. The lowest BCUT2D eigenvalue weighted by Gasteiger charge is -2.14. The standard InChI is InChI=1S/C20H17N3O3S2/c1-2-15(13-7-4-3-5-8-13)19(25)26-12-14-11-17(24)23-20(21-14)28-18(22-23)16-9-6-10-27-16/h3-11,15H,2,12H2,1H3. The lowest BCUT2D eigenvalue weighted by Crippen LogP contribution is -2.18. The molecule has 0 aliphatic carbocycles. The molecule has 0 aliphatic heterocycles. The van der Waals surface area contributed by atoms with Crippen molar-refractivity contribution in [1.82, 2.24) is 14.6 Å². The molecule has 142 valence electrons. The van der Waals surface area contributed by atoms with Gasteiger partial charge >= 0.3 is 5.97 Å². The third-order valence-corrected chi connectivity index (χ3v) is 6.23. The summed E-state index contributed by atoms with van der Waals surface area (Å²) in [7, 11) is 0. The van der Waals surface area contributed by atoms with Gasteiger partial charge in [-0.25, -0.2) is 4.98 Å². The van der Waals surface area contributed by atoms with E-state index in [9.17, 15) is 9.59 Å². The molecule has 4 rings (SSSR count). The summed E-state index contributed by atoms with van der Waals surface area (Å²) in [5, 5.41) is 7.03. The number of thiophene rings is 1. The van der Waals surface area contributed by atoms with Gasteiger partial charge in [0, 0.05) is 6.07 Å². The zero-order valence-electron chi connectivity index (χ0n) is 15.1. The van der Waals surface area contributed by atoms with E-state index in [0.29, 0.717) is 17.1 Å². The number of carbonyl (C=O) groups is 1. The van der Waals surface area contributed by atoms with Crippen LogP contribution in [0.15, 0.2) is 58.7 Å². The number of carbonyl (C=O) groups excluding carboxylic acids is 1. The Kier molecular flexibility index (Phi) is 5.31. The van der Waals surface area contributed by atoms with Crippen molar-refractivity contribution in [2.75, 3.05) is 0 Å². The van der Waals surface area contributed by atoms with Gasteiger partial charge in [0.25, 0.3) is 5.56 Å². The van der Waals surface area contributed by atoms with E-state index >= 15 is 0 Å². The Labute approximate surface area is 169 Å². The molecule has 1 atom stereocenters. The number of benzene rings is 1. The van der Waals surface area contributed by atoms with Gasteiger partial charge in [-0.15, -0.1) is 11.3 Å². The maximum Gasteiger partial charge on any atom is 0.313 e. The molecule has 6 nitrogen and oxygen atoms in total. The van der Waals surface area contributed by atoms with E-state index < -0.39 is 0 Å². The number of rotatable bonds is 6. The van der Waals surface area contributed by atoms with Gasteiger partial charge in [-0.05, 0) is 23.4 Å². The van der Waals surface area contributed by atoms with Gasteiger partial charge in [-0.2, -0.15) is 9.61 Å². The molecule has 0 saturated carbocycles. The first-order valence-electron chi connectivity index (χ1n) is 8.81. The molecule has 3 heterocycles. The second kappa shape index (κ2) is 8.04. The fraction of sp³-hybridized carbons (Fsp3) is 0.200.